The van der Waals surface area contributed by atoms with Crippen molar-refractivity contribution in [2.24, 2.45) is 5.10 Å². The highest BCUT2D eigenvalue weighted by Gasteiger charge is 2.13. The zero-order chi connectivity index (χ0) is 17.7. The van der Waals surface area contributed by atoms with Gasteiger partial charge in [-0.2, -0.15) is 5.10 Å². The summed E-state index contributed by atoms with van der Waals surface area (Å²) in [5, 5.41) is 4.45. The summed E-state index contributed by atoms with van der Waals surface area (Å²) in [5.74, 6) is 0.567. The van der Waals surface area contributed by atoms with Gasteiger partial charge in [0.15, 0.2) is 0 Å². The lowest BCUT2D eigenvalue weighted by atomic mass is 9.86. The van der Waals surface area contributed by atoms with Crippen LogP contribution in [-0.2, 0) is 18.3 Å². The SMILES string of the molecule is CCc1cc(CC)nc(NN=C(C)c2ccc(C(C)(C)C)cc2)n1. The molecule has 2 aromatic rings. The average molecular weight is 324 g/mol. The molecule has 1 aromatic heterocycles. The molecule has 1 heterocycles. The van der Waals surface area contributed by atoms with E-state index in [2.05, 4.69) is 79.4 Å². The summed E-state index contributed by atoms with van der Waals surface area (Å²) in [5.41, 5.74) is 8.56. The standard InChI is InChI=1S/C20H28N4/c1-7-17-13-18(8-2)22-19(21-17)24-23-14(3)15-9-11-16(12-10-15)20(4,5)6/h9-13H,7-8H2,1-6H3,(H,21,22,24). The van der Waals surface area contributed by atoms with Crippen molar-refractivity contribution in [1.82, 2.24) is 9.97 Å². The molecule has 4 nitrogen and oxygen atoms in total. The molecule has 0 amide bonds. The first-order valence-electron chi connectivity index (χ1n) is 8.61. The molecule has 2 rings (SSSR count). The molecule has 0 unspecified atom stereocenters. The number of benzene rings is 1. The van der Waals surface area contributed by atoms with Crippen molar-refractivity contribution in [3.63, 3.8) is 0 Å². The number of nitrogens with zero attached hydrogens (tertiary/aromatic N) is 3. The summed E-state index contributed by atoms with van der Waals surface area (Å²) < 4.78 is 0. The molecule has 0 spiro atoms. The summed E-state index contributed by atoms with van der Waals surface area (Å²) >= 11 is 0. The van der Waals surface area contributed by atoms with Gasteiger partial charge in [0, 0.05) is 11.4 Å². The largest absolute Gasteiger partial charge is 0.245 e. The number of aromatic nitrogens is 2. The minimum Gasteiger partial charge on any atom is -0.245 e. The van der Waals surface area contributed by atoms with Gasteiger partial charge in [0.05, 0.1) is 5.71 Å². The van der Waals surface area contributed by atoms with Crippen LogP contribution in [0.25, 0.3) is 0 Å². The quantitative estimate of drug-likeness (QED) is 0.638. The second-order valence-corrected chi connectivity index (χ2v) is 7.02. The Bertz CT molecular complexity index is 687. The molecule has 0 radical (unpaired) electrons. The fraction of sp³-hybridized carbons (Fsp3) is 0.450. The third-order valence-corrected chi connectivity index (χ3v) is 4.05. The third-order valence-electron chi connectivity index (χ3n) is 4.05. The van der Waals surface area contributed by atoms with Crippen molar-refractivity contribution in [2.75, 3.05) is 5.43 Å². The molecule has 0 saturated heterocycles. The van der Waals surface area contributed by atoms with E-state index in [9.17, 15) is 0 Å². The molecule has 24 heavy (non-hydrogen) atoms. The molecule has 0 atom stereocenters. The number of anilines is 1. The van der Waals surface area contributed by atoms with Crippen molar-refractivity contribution in [1.29, 1.82) is 0 Å². The first kappa shape index (κ1) is 18.1. The topological polar surface area (TPSA) is 50.2 Å². The second kappa shape index (κ2) is 7.56. The van der Waals surface area contributed by atoms with Gasteiger partial charge >= 0.3 is 0 Å². The van der Waals surface area contributed by atoms with E-state index >= 15 is 0 Å². The van der Waals surface area contributed by atoms with Gasteiger partial charge in [-0.3, -0.25) is 0 Å². The number of nitrogens with one attached hydrogen (secondary N) is 1. The van der Waals surface area contributed by atoms with Crippen LogP contribution in [0.15, 0.2) is 35.4 Å². The summed E-state index contributed by atoms with van der Waals surface area (Å²) in [6, 6.07) is 10.6. The first-order valence-corrected chi connectivity index (χ1v) is 8.61. The van der Waals surface area contributed by atoms with E-state index in [1.807, 2.05) is 13.0 Å². The Labute approximate surface area is 145 Å². The predicted molar refractivity (Wildman–Crippen MR) is 102 cm³/mol. The molecule has 1 aromatic carbocycles. The molecule has 4 heteroatoms. The van der Waals surface area contributed by atoms with Crippen LogP contribution in [0.2, 0.25) is 0 Å². The highest BCUT2D eigenvalue weighted by molar-refractivity contribution is 5.99. The highest BCUT2D eigenvalue weighted by atomic mass is 15.4. The Morgan fingerprint density at radius 3 is 2.00 bits per heavy atom. The van der Waals surface area contributed by atoms with Crippen LogP contribution >= 0.6 is 0 Å². The normalized spacial score (nSPS) is 12.3. The molecule has 0 bridgehead atoms. The maximum absolute atomic E-state index is 4.48. The molecular formula is C20H28N4. The zero-order valence-corrected chi connectivity index (χ0v) is 15.6. The van der Waals surface area contributed by atoms with E-state index in [1.54, 1.807) is 0 Å². The van der Waals surface area contributed by atoms with Crippen LogP contribution in [0.3, 0.4) is 0 Å². The van der Waals surface area contributed by atoms with E-state index in [4.69, 9.17) is 0 Å². The molecule has 0 fully saturated rings. The first-order chi connectivity index (χ1) is 11.3. The van der Waals surface area contributed by atoms with Gasteiger partial charge in [0.1, 0.15) is 0 Å². The molecule has 0 aliphatic carbocycles. The Morgan fingerprint density at radius 1 is 1.00 bits per heavy atom. The smallest absolute Gasteiger partial charge is 0.243 e. The molecule has 1 N–H and O–H groups in total. The summed E-state index contributed by atoms with van der Waals surface area (Å²) in [4.78, 5) is 8.97. The summed E-state index contributed by atoms with van der Waals surface area (Å²) in [7, 11) is 0. The number of hydrazone groups is 1. The fourth-order valence-electron chi connectivity index (χ4n) is 2.38. The minimum absolute atomic E-state index is 0.160. The molecule has 128 valence electrons. The van der Waals surface area contributed by atoms with Crippen LogP contribution in [0, 0.1) is 0 Å². The zero-order valence-electron chi connectivity index (χ0n) is 15.6. The Hall–Kier alpha value is -2.23. The van der Waals surface area contributed by atoms with Crippen LogP contribution in [-0.4, -0.2) is 15.7 Å². The van der Waals surface area contributed by atoms with Gasteiger partial charge < -0.3 is 0 Å². The Morgan fingerprint density at radius 2 is 1.54 bits per heavy atom. The van der Waals surface area contributed by atoms with Crippen molar-refractivity contribution in [2.45, 2.75) is 59.8 Å². The van der Waals surface area contributed by atoms with Gasteiger partial charge in [-0.05, 0) is 42.4 Å². The predicted octanol–water partition coefficient (Wildman–Crippen LogP) is 4.74. The van der Waals surface area contributed by atoms with Gasteiger partial charge in [0.25, 0.3) is 0 Å². The molecule has 0 saturated carbocycles. The van der Waals surface area contributed by atoms with E-state index in [0.717, 1.165) is 35.5 Å². The Kier molecular flexibility index (Phi) is 5.71. The van der Waals surface area contributed by atoms with Crippen LogP contribution in [0.1, 0.15) is 64.1 Å². The van der Waals surface area contributed by atoms with E-state index in [0.29, 0.717) is 5.95 Å². The highest BCUT2D eigenvalue weighted by Crippen LogP contribution is 2.22. The average Bonchev–Trinajstić information content (AvgIpc) is 2.58. The van der Waals surface area contributed by atoms with Crippen molar-refractivity contribution < 1.29 is 0 Å². The van der Waals surface area contributed by atoms with E-state index in [1.165, 1.54) is 5.56 Å². The van der Waals surface area contributed by atoms with Crippen LogP contribution in [0.4, 0.5) is 5.95 Å². The van der Waals surface area contributed by atoms with Crippen molar-refractivity contribution in [3.05, 3.63) is 52.8 Å². The van der Waals surface area contributed by atoms with Crippen molar-refractivity contribution >= 4 is 11.7 Å². The molecule has 0 aliphatic heterocycles. The maximum Gasteiger partial charge on any atom is 0.243 e. The lowest BCUT2D eigenvalue weighted by Crippen LogP contribution is -2.11. The Balaban J connectivity index is 2.17. The number of hydrogen-bond acceptors (Lipinski definition) is 4. The lowest BCUT2D eigenvalue weighted by molar-refractivity contribution is 0.590. The van der Waals surface area contributed by atoms with Gasteiger partial charge in [-0.15, -0.1) is 0 Å². The maximum atomic E-state index is 4.48. The second-order valence-electron chi connectivity index (χ2n) is 7.02. The molecular weight excluding hydrogens is 296 g/mol. The monoisotopic (exact) mass is 324 g/mol. The molecule has 0 aliphatic rings. The number of rotatable bonds is 5. The van der Waals surface area contributed by atoms with Crippen LogP contribution < -0.4 is 5.43 Å². The third kappa shape index (κ3) is 4.63. The fourth-order valence-corrected chi connectivity index (χ4v) is 2.38. The minimum atomic E-state index is 0.160. The number of aryl methyl sites for hydroxylation is 2. The van der Waals surface area contributed by atoms with Crippen molar-refractivity contribution in [3.8, 4) is 0 Å². The summed E-state index contributed by atoms with van der Waals surface area (Å²) in [6.07, 6.45) is 1.78. The van der Waals surface area contributed by atoms with Gasteiger partial charge in [-0.25, -0.2) is 15.4 Å². The van der Waals surface area contributed by atoms with Gasteiger partial charge in [0.2, 0.25) is 5.95 Å². The van der Waals surface area contributed by atoms with Crippen LogP contribution in [0.5, 0.6) is 0 Å². The van der Waals surface area contributed by atoms with E-state index in [-0.39, 0.29) is 5.41 Å². The van der Waals surface area contributed by atoms with E-state index < -0.39 is 0 Å². The number of hydrogen-bond donors (Lipinski definition) is 1. The summed E-state index contributed by atoms with van der Waals surface area (Å²) in [6.45, 7) is 12.8. The van der Waals surface area contributed by atoms with Gasteiger partial charge in [-0.1, -0.05) is 58.9 Å². The lowest BCUT2D eigenvalue weighted by Gasteiger charge is -2.19.